The molecule has 1 aromatic heterocycles. The van der Waals surface area contributed by atoms with E-state index in [1.807, 2.05) is 70.2 Å². The van der Waals surface area contributed by atoms with Crippen molar-refractivity contribution in [2.24, 2.45) is 47.0 Å². The number of amides is 12. The van der Waals surface area contributed by atoms with Gasteiger partial charge in [0.15, 0.2) is 28.9 Å². The van der Waals surface area contributed by atoms with Gasteiger partial charge in [-0.05, 0) is 151 Å². The van der Waals surface area contributed by atoms with Crippen molar-refractivity contribution in [3.05, 3.63) is 173 Å². The molecule has 0 aliphatic carbocycles. The van der Waals surface area contributed by atoms with Gasteiger partial charge in [0.25, 0.3) is 0 Å². The Morgan fingerprint density at radius 2 is 1.09 bits per heavy atom. The van der Waals surface area contributed by atoms with Gasteiger partial charge in [0.2, 0.25) is 47.3 Å². The minimum atomic E-state index is -1.62. The number of anilines is 2. The average Bonchev–Trinajstić information content (AvgIpc) is 1.81. The molecule has 6 aromatic rings. The number of rotatable bonds is 46. The maximum absolute atomic E-state index is 15.6. The summed E-state index contributed by atoms with van der Waals surface area (Å²) < 4.78 is 0. The van der Waals surface area contributed by atoms with E-state index < -0.39 is 174 Å². The van der Waals surface area contributed by atoms with Gasteiger partial charge in [-0.15, -0.1) is 0 Å². The maximum Gasteiger partial charge on any atom is 0.322 e. The zero-order chi connectivity index (χ0) is 85.0. The van der Waals surface area contributed by atoms with Gasteiger partial charge in [-0.25, -0.2) is 9.59 Å². The fraction of sp³-hybridized carbons (Fsp3) is 0.448. The summed E-state index contributed by atoms with van der Waals surface area (Å²) in [6.07, 6.45) is 2.03. The number of aliphatic hydroxyl groups is 1. The molecule has 2 aliphatic rings. The number of hydrogen-bond donors (Lipinski definition) is 12. The zero-order valence-corrected chi connectivity index (χ0v) is 67.7. The zero-order valence-electron chi connectivity index (χ0n) is 66.9. The van der Waals surface area contributed by atoms with Gasteiger partial charge < -0.3 is 64.0 Å². The van der Waals surface area contributed by atoms with Crippen LogP contribution < -0.4 is 59.3 Å². The predicted octanol–water partition coefficient (Wildman–Crippen LogP) is 6.97. The monoisotopic (exact) mass is 1630 g/mol. The number of nitrogens with two attached hydrogens (primary N) is 2. The number of aliphatic hydroxyl groups excluding tert-OH is 1. The summed E-state index contributed by atoms with van der Waals surface area (Å²) in [5.74, 6) is -14.4. The van der Waals surface area contributed by atoms with Gasteiger partial charge in [0, 0.05) is 110 Å². The van der Waals surface area contributed by atoms with Crippen LogP contribution in [0.2, 0.25) is 5.02 Å². The number of Topliss-reactive ketones (excluding diaryl/α,β-unsaturated/α-hetero) is 5. The van der Waals surface area contributed by atoms with Gasteiger partial charge in [-0.3, -0.25) is 72.6 Å². The second kappa shape index (κ2) is 44.6. The van der Waals surface area contributed by atoms with Gasteiger partial charge in [-0.2, -0.15) is 0 Å². The number of nitrogens with one attached hydrogen (secondary N) is 9. The Morgan fingerprint density at radius 3 is 1.65 bits per heavy atom. The molecular formula is C87H108ClN13O16. The first-order chi connectivity index (χ1) is 55.8. The summed E-state index contributed by atoms with van der Waals surface area (Å²) in [7, 11) is 0. The molecule has 0 saturated carbocycles. The molecule has 8 rings (SSSR count). The summed E-state index contributed by atoms with van der Waals surface area (Å²) in [5, 5.41) is 37.8. The van der Waals surface area contributed by atoms with Crippen LogP contribution >= 0.6 is 11.6 Å². The molecule has 0 spiro atoms. The van der Waals surface area contributed by atoms with Gasteiger partial charge in [0.05, 0.1) is 49.2 Å². The maximum atomic E-state index is 15.6. The number of aromatic nitrogens is 1. The molecule has 2 aliphatic heterocycles. The Hall–Kier alpha value is -11.4. The number of fused-ring (bicyclic) bond motifs is 1. The van der Waals surface area contributed by atoms with Crippen molar-refractivity contribution in [3.8, 4) is 0 Å². The highest BCUT2D eigenvalue weighted by Crippen LogP contribution is 2.30. The van der Waals surface area contributed by atoms with Crippen molar-refractivity contribution in [2.45, 2.75) is 193 Å². The van der Waals surface area contributed by atoms with Crippen LogP contribution in [0.25, 0.3) is 10.8 Å². The molecule has 3 heterocycles. The smallest absolute Gasteiger partial charge is 0.322 e. The summed E-state index contributed by atoms with van der Waals surface area (Å²) in [5.41, 5.74) is 14.1. The fourth-order valence-corrected chi connectivity index (χ4v) is 14.7. The average molecular weight is 1630 g/mol. The van der Waals surface area contributed by atoms with E-state index in [2.05, 4.69) is 52.8 Å². The lowest BCUT2D eigenvalue weighted by molar-refractivity contribution is -0.143. The van der Waals surface area contributed by atoms with Crippen LogP contribution in [0, 0.1) is 35.5 Å². The van der Waals surface area contributed by atoms with Crippen LogP contribution in [0.5, 0.6) is 0 Å². The van der Waals surface area contributed by atoms with Gasteiger partial charge >= 0.3 is 12.1 Å². The Bertz CT molecular complexity index is 4510. The largest absolute Gasteiger partial charge is 0.396 e. The third-order valence-corrected chi connectivity index (χ3v) is 21.2. The molecule has 12 amide bonds. The second-order valence-corrected chi connectivity index (χ2v) is 31.8. The molecule has 5 aromatic carbocycles. The lowest BCUT2D eigenvalue weighted by atomic mass is 9.87. The van der Waals surface area contributed by atoms with E-state index in [1.54, 1.807) is 55.5 Å². The minimum Gasteiger partial charge on any atom is -0.396 e. The summed E-state index contributed by atoms with van der Waals surface area (Å²) in [6, 6.07) is 26.5. The molecule has 2 fully saturated rings. The van der Waals surface area contributed by atoms with Crippen LogP contribution in [-0.4, -0.2) is 165 Å². The molecular weight excluding hydrogens is 1520 g/mol. The van der Waals surface area contributed by atoms with E-state index in [-0.39, 0.29) is 94.2 Å². The number of unbranched alkanes of at least 4 members (excludes halogenated alkanes) is 1. The van der Waals surface area contributed by atoms with Crippen molar-refractivity contribution >= 4 is 122 Å². The van der Waals surface area contributed by atoms with E-state index in [0.717, 1.165) is 16.3 Å². The number of ketones is 5. The molecule has 0 unspecified atom stereocenters. The first-order valence-electron chi connectivity index (χ1n) is 39.8. The van der Waals surface area contributed by atoms with Crippen molar-refractivity contribution in [3.63, 3.8) is 0 Å². The number of primary amides is 2. The highest BCUT2D eigenvalue weighted by atomic mass is 35.5. The Kier molecular flexibility index (Phi) is 34.7. The summed E-state index contributed by atoms with van der Waals surface area (Å²) >= 11 is 6.30. The molecule has 117 heavy (non-hydrogen) atoms. The Balaban J connectivity index is 1.10. The van der Waals surface area contributed by atoms with Crippen molar-refractivity contribution in [2.75, 3.05) is 30.3 Å². The Morgan fingerprint density at radius 1 is 0.573 bits per heavy atom. The molecule has 624 valence electrons. The van der Waals surface area contributed by atoms with E-state index >= 15 is 28.8 Å². The SMILES string of the molecule is CC(=O)N[C@H](Cc1ccc2ccccc2c1)C(=O)C[C@H](Cc1ccc(Cl)cc1)C(=O)N[C@H](Cc1cccnc1)C(=O)C[C@@H](CO)C(=O)N[C@@H](Cc1ccc(NC(=O)[C@@H]2CC(=O)NC(=O)N2)cc1)C(=O)C[C@H](Cc1ccc(NC(N)=O)cc1)C(=O)N[C@@H](CC(C)C)C(=O)C[C@@H](CCCCNC(C)C)C(=O)N1CCC[C@H]1C(=O)C[C@H](C)C(N)=O. The molecule has 14 N–H and O–H groups in total. The molecule has 29 nitrogen and oxygen atoms in total. The number of likely N-dealkylation sites (tertiary alicyclic amines) is 1. The van der Waals surface area contributed by atoms with Crippen LogP contribution in [0.4, 0.5) is 21.0 Å². The third kappa shape index (κ3) is 29.1. The highest BCUT2D eigenvalue weighted by molar-refractivity contribution is 6.30. The normalized spacial score (nSPS) is 16.3. The first-order valence-corrected chi connectivity index (χ1v) is 40.2. The molecule has 11 atom stereocenters. The number of nitrogens with zero attached hydrogens (tertiary/aromatic N) is 2. The molecule has 2 saturated heterocycles. The number of hydrogen-bond acceptors (Lipinski definition) is 18. The number of urea groups is 2. The van der Waals surface area contributed by atoms with Gasteiger partial charge in [-0.1, -0.05) is 138 Å². The predicted molar refractivity (Wildman–Crippen MR) is 440 cm³/mol. The topological polar surface area (TPSA) is 453 Å². The second-order valence-electron chi connectivity index (χ2n) is 31.3. The number of pyridine rings is 1. The summed E-state index contributed by atoms with van der Waals surface area (Å²) in [4.78, 5) is 215. The van der Waals surface area contributed by atoms with Crippen molar-refractivity contribution < 1.29 is 77.0 Å². The molecule has 0 radical (unpaired) electrons. The summed E-state index contributed by atoms with van der Waals surface area (Å²) in [6.45, 7) is 10.4. The van der Waals surface area contributed by atoms with Crippen molar-refractivity contribution in [1.29, 1.82) is 0 Å². The lowest BCUT2D eigenvalue weighted by Gasteiger charge is -2.30. The van der Waals surface area contributed by atoms with Crippen LogP contribution in [0.3, 0.4) is 0 Å². The van der Waals surface area contributed by atoms with Crippen LogP contribution in [0.15, 0.2) is 140 Å². The van der Waals surface area contributed by atoms with Crippen LogP contribution in [-0.2, 0) is 94.4 Å². The first kappa shape index (κ1) is 91.1. The van der Waals surface area contributed by atoms with E-state index in [1.165, 1.54) is 60.6 Å². The van der Waals surface area contributed by atoms with Gasteiger partial charge in [0.1, 0.15) is 6.04 Å². The molecule has 0 bridgehead atoms. The van der Waals surface area contributed by atoms with E-state index in [9.17, 15) is 48.3 Å². The quantitative estimate of drug-likeness (QED) is 0.0172. The standard InChI is InChI=1S/C87H108ClN13O16/c1-50(2)35-68(74(104)43-61(16-9-10-33-92-51(3)4)85(115)101-34-12-17-73(101)78(108)36-52(5)80(89)110)96-81(111)63(38-55-21-30-67(31-22-55)95-86(90)116)45-76(106)70(40-56-23-28-66(29-24-56)94-84(114)72-47-79(109)100-87(117)99-72)98-83(113)64(49-102)46-77(107)71(42-58-13-11-32-91-48-58)97-82(112)62(37-54-19-26-65(88)27-20-54)44-75(105)69(93-53(6)103)41-57-18-25-59-14-7-8-15-60(59)39-57/h7-8,11,13-15,18-32,39,48,50-52,61-64,68-73,92,102H,9-10,12,16-17,33-38,40-47,49H2,1-6H3,(H2,89,110)(H,93,103)(H,94,114)(H,96,111)(H,97,112)(H,98,113)(H3,90,95,116)(H2,99,100,109,117)/t52-,61+,62-,63-,64-,68-,69+,70-,71+,72-,73-/m0/s1. The fourth-order valence-electron chi connectivity index (χ4n) is 14.6. The Labute approximate surface area is 685 Å². The van der Waals surface area contributed by atoms with E-state index in [4.69, 9.17) is 23.1 Å². The number of imide groups is 1. The van der Waals surface area contributed by atoms with E-state index in [0.29, 0.717) is 65.2 Å². The highest BCUT2D eigenvalue weighted by Gasteiger charge is 2.41. The van der Waals surface area contributed by atoms with Crippen LogP contribution in [0.1, 0.15) is 146 Å². The number of carbonyl (C=O) groups excluding carboxylic acids is 15. The minimum absolute atomic E-state index is 0.0349. The third-order valence-electron chi connectivity index (χ3n) is 20.9. The number of benzene rings is 5. The number of halogens is 1. The molecule has 30 heteroatoms. The number of carbonyl (C=O) groups is 15. The lowest BCUT2D eigenvalue weighted by Crippen LogP contribution is -2.56. The van der Waals surface area contributed by atoms with Crippen molar-refractivity contribution in [1.82, 2.24) is 47.1 Å².